The number of benzene rings is 4. The van der Waals surface area contributed by atoms with Crippen LogP contribution in [0.25, 0.3) is 11.1 Å². The summed E-state index contributed by atoms with van der Waals surface area (Å²) >= 11 is 0. The van der Waals surface area contributed by atoms with Crippen molar-refractivity contribution in [3.63, 3.8) is 0 Å². The molecule has 1 aliphatic heterocycles. The van der Waals surface area contributed by atoms with E-state index in [-0.39, 0.29) is 23.1 Å². The van der Waals surface area contributed by atoms with Crippen molar-refractivity contribution in [3.05, 3.63) is 119 Å². The molecule has 1 aliphatic rings. The van der Waals surface area contributed by atoms with Crippen molar-refractivity contribution >= 4 is 21.8 Å². The van der Waals surface area contributed by atoms with Gasteiger partial charge in [0, 0.05) is 31.7 Å². The second-order valence-corrected chi connectivity index (χ2v) is 13.4. The van der Waals surface area contributed by atoms with Crippen LogP contribution in [0.4, 0.5) is 0 Å². The van der Waals surface area contributed by atoms with Crippen LogP contribution in [-0.4, -0.2) is 69.9 Å². The normalized spacial score (nSPS) is 13.3. The summed E-state index contributed by atoms with van der Waals surface area (Å²) in [5.74, 6) is 0.554. The number of nitrogens with two attached hydrogens (primary N) is 1. The molecule has 47 heavy (non-hydrogen) atoms. The summed E-state index contributed by atoms with van der Waals surface area (Å²) < 4.78 is 28.7. The maximum absolute atomic E-state index is 13.7. The number of nitrogens with one attached hydrogen (secondary N) is 1. The minimum Gasteiger partial charge on any atom is -0.497 e. The highest BCUT2D eigenvalue weighted by atomic mass is 32.2. The number of likely N-dealkylation sites (tertiary alicyclic amines) is 1. The lowest BCUT2D eigenvalue weighted by molar-refractivity contribution is -0.131. The molecule has 9 nitrogen and oxygen atoms in total. The standard InChI is InChI=1S/C37H42N4O5S/c1-46-34-12-5-7-29(24-34)25-36(42)41(21-17-28-13-15-35(16-14-28)47(38,44)45)27-30-8-4-9-31(23-30)32-10-6-11-33(26-32)37(43)39-18-22-40-19-2-3-20-40/h4-16,23-24,26H,2-3,17-22,25,27H2,1H3,(H,39,43)(H2,38,44,45). The first-order chi connectivity index (χ1) is 22.7. The summed E-state index contributed by atoms with van der Waals surface area (Å²) in [5.41, 5.74) is 5.17. The van der Waals surface area contributed by atoms with Gasteiger partial charge in [0.05, 0.1) is 18.4 Å². The van der Waals surface area contributed by atoms with Crippen LogP contribution in [-0.2, 0) is 34.2 Å². The van der Waals surface area contributed by atoms with Crippen LogP contribution in [0, 0.1) is 0 Å². The fraction of sp³-hybridized carbons (Fsp3) is 0.297. The molecule has 10 heteroatoms. The summed E-state index contributed by atoms with van der Waals surface area (Å²) in [6.07, 6.45) is 3.18. The van der Waals surface area contributed by atoms with Gasteiger partial charge < -0.3 is 19.9 Å². The van der Waals surface area contributed by atoms with Gasteiger partial charge in [0.15, 0.2) is 0 Å². The fourth-order valence-corrected chi connectivity index (χ4v) is 6.33. The molecule has 0 atom stereocenters. The lowest BCUT2D eigenvalue weighted by atomic mass is 10.0. The van der Waals surface area contributed by atoms with E-state index in [9.17, 15) is 18.0 Å². The molecule has 1 saturated heterocycles. The quantitative estimate of drug-likeness (QED) is 0.204. The van der Waals surface area contributed by atoms with Crippen molar-refractivity contribution in [2.75, 3.05) is 39.8 Å². The molecule has 4 aromatic rings. The second kappa shape index (κ2) is 15.9. The molecular weight excluding hydrogens is 612 g/mol. The Bertz CT molecular complexity index is 1790. The Hall–Kier alpha value is -4.51. The van der Waals surface area contributed by atoms with Gasteiger partial charge in [-0.05, 0) is 103 Å². The zero-order chi connectivity index (χ0) is 33.2. The first-order valence-corrected chi connectivity index (χ1v) is 17.4. The SMILES string of the molecule is COc1cccc(CC(=O)N(CCc2ccc(S(N)(=O)=O)cc2)Cc2cccc(-c3cccc(C(=O)NCCN4CCCC4)c3)c2)c1. The van der Waals surface area contributed by atoms with E-state index in [0.29, 0.717) is 37.4 Å². The molecule has 5 rings (SSSR count). The van der Waals surface area contributed by atoms with Crippen molar-refractivity contribution in [1.82, 2.24) is 15.1 Å². The summed E-state index contributed by atoms with van der Waals surface area (Å²) in [5, 5.41) is 8.31. The number of methoxy groups -OCH3 is 1. The largest absolute Gasteiger partial charge is 0.497 e. The summed E-state index contributed by atoms with van der Waals surface area (Å²) in [6, 6.07) is 29.5. The topological polar surface area (TPSA) is 122 Å². The highest BCUT2D eigenvalue weighted by Gasteiger charge is 2.17. The van der Waals surface area contributed by atoms with E-state index in [1.165, 1.54) is 25.0 Å². The average Bonchev–Trinajstić information content (AvgIpc) is 3.60. The third kappa shape index (κ3) is 9.74. The number of hydrogen-bond acceptors (Lipinski definition) is 6. The highest BCUT2D eigenvalue weighted by Crippen LogP contribution is 2.23. The summed E-state index contributed by atoms with van der Waals surface area (Å²) in [7, 11) is -2.19. The molecule has 0 bridgehead atoms. The predicted molar refractivity (Wildman–Crippen MR) is 184 cm³/mol. The number of ether oxygens (including phenoxy) is 1. The Balaban J connectivity index is 1.30. The molecule has 246 valence electrons. The summed E-state index contributed by atoms with van der Waals surface area (Å²) in [6.45, 7) is 4.48. The third-order valence-corrected chi connectivity index (χ3v) is 9.36. The van der Waals surface area contributed by atoms with Gasteiger partial charge in [0.2, 0.25) is 15.9 Å². The van der Waals surface area contributed by atoms with E-state index in [1.807, 2.05) is 71.6 Å². The molecule has 1 fully saturated rings. The van der Waals surface area contributed by atoms with Crippen molar-refractivity contribution in [2.45, 2.75) is 37.1 Å². The Morgan fingerprint density at radius 2 is 1.53 bits per heavy atom. The minimum atomic E-state index is -3.79. The van der Waals surface area contributed by atoms with Gasteiger partial charge in [-0.1, -0.05) is 54.6 Å². The number of amides is 2. The van der Waals surface area contributed by atoms with Crippen molar-refractivity contribution in [3.8, 4) is 16.9 Å². The third-order valence-electron chi connectivity index (χ3n) is 8.44. The Kier molecular flexibility index (Phi) is 11.4. The Labute approximate surface area is 277 Å². The lowest BCUT2D eigenvalue weighted by Crippen LogP contribution is -2.33. The molecule has 0 saturated carbocycles. The van der Waals surface area contributed by atoms with E-state index in [1.54, 1.807) is 19.2 Å². The summed E-state index contributed by atoms with van der Waals surface area (Å²) in [4.78, 5) is 30.9. The molecule has 0 spiro atoms. The van der Waals surface area contributed by atoms with Gasteiger partial charge in [0.25, 0.3) is 5.91 Å². The van der Waals surface area contributed by atoms with Crippen LogP contribution in [0.15, 0.2) is 102 Å². The molecule has 3 N–H and O–H groups in total. The van der Waals surface area contributed by atoms with Gasteiger partial charge in [-0.15, -0.1) is 0 Å². The van der Waals surface area contributed by atoms with Gasteiger partial charge in [-0.2, -0.15) is 0 Å². The number of hydrogen-bond donors (Lipinski definition) is 2. The van der Waals surface area contributed by atoms with Gasteiger partial charge in [0.1, 0.15) is 5.75 Å². The molecular formula is C37H42N4O5S. The zero-order valence-corrected chi connectivity index (χ0v) is 27.5. The maximum atomic E-state index is 13.7. The average molecular weight is 655 g/mol. The van der Waals surface area contributed by atoms with Crippen molar-refractivity contribution in [2.24, 2.45) is 5.14 Å². The minimum absolute atomic E-state index is 0.0441. The van der Waals surface area contributed by atoms with Gasteiger partial charge in [-0.3, -0.25) is 9.59 Å². The van der Waals surface area contributed by atoms with Crippen LogP contribution in [0.1, 0.15) is 39.9 Å². The van der Waals surface area contributed by atoms with Crippen LogP contribution >= 0.6 is 0 Å². The fourth-order valence-electron chi connectivity index (χ4n) is 5.82. The number of sulfonamides is 1. The van der Waals surface area contributed by atoms with Crippen LogP contribution in [0.3, 0.4) is 0 Å². The highest BCUT2D eigenvalue weighted by molar-refractivity contribution is 7.89. The molecule has 1 heterocycles. The Morgan fingerprint density at radius 1 is 0.851 bits per heavy atom. The van der Waals surface area contributed by atoms with Gasteiger partial charge >= 0.3 is 0 Å². The monoisotopic (exact) mass is 654 g/mol. The van der Waals surface area contributed by atoms with E-state index >= 15 is 0 Å². The lowest BCUT2D eigenvalue weighted by Gasteiger charge is -2.24. The number of primary sulfonamides is 1. The predicted octanol–water partition coefficient (Wildman–Crippen LogP) is 4.65. The molecule has 0 radical (unpaired) electrons. The van der Waals surface area contributed by atoms with E-state index in [0.717, 1.165) is 47.5 Å². The van der Waals surface area contributed by atoms with E-state index < -0.39 is 10.0 Å². The van der Waals surface area contributed by atoms with Gasteiger partial charge in [-0.25, -0.2) is 13.6 Å². The molecule has 0 unspecified atom stereocenters. The second-order valence-electron chi connectivity index (χ2n) is 11.9. The number of nitrogens with zero attached hydrogens (tertiary/aromatic N) is 2. The maximum Gasteiger partial charge on any atom is 0.251 e. The van der Waals surface area contributed by atoms with Crippen LogP contribution in [0.5, 0.6) is 5.75 Å². The molecule has 0 aliphatic carbocycles. The molecule has 0 aromatic heterocycles. The Morgan fingerprint density at radius 3 is 2.26 bits per heavy atom. The van der Waals surface area contributed by atoms with Crippen molar-refractivity contribution in [1.29, 1.82) is 0 Å². The number of carbonyl (C=O) groups excluding carboxylic acids is 2. The van der Waals surface area contributed by atoms with Crippen LogP contribution in [0.2, 0.25) is 0 Å². The van der Waals surface area contributed by atoms with E-state index in [2.05, 4.69) is 16.3 Å². The first-order valence-electron chi connectivity index (χ1n) is 15.9. The molecule has 4 aromatic carbocycles. The van der Waals surface area contributed by atoms with E-state index in [4.69, 9.17) is 9.88 Å². The first kappa shape index (κ1) is 33.8. The number of rotatable bonds is 14. The van der Waals surface area contributed by atoms with Crippen molar-refractivity contribution < 1.29 is 22.7 Å². The number of carbonyl (C=O) groups is 2. The molecule has 2 amide bonds. The zero-order valence-electron chi connectivity index (χ0n) is 26.7. The smallest absolute Gasteiger partial charge is 0.251 e. The van der Waals surface area contributed by atoms with Crippen LogP contribution < -0.4 is 15.2 Å².